The highest BCUT2D eigenvalue weighted by Gasteiger charge is 2.19. The summed E-state index contributed by atoms with van der Waals surface area (Å²) in [6.07, 6.45) is 0. The number of carbonyl (C=O) groups is 2. The molecule has 16 heavy (non-hydrogen) atoms. The molecule has 0 heterocycles. The molecule has 0 aliphatic carbocycles. The van der Waals surface area contributed by atoms with E-state index >= 15 is 0 Å². The average molecular weight is 224 g/mol. The van der Waals surface area contributed by atoms with E-state index in [9.17, 15) is 9.59 Å². The normalized spacial score (nSPS) is 9.62. The number of nitrogens with one attached hydrogen (secondary N) is 2. The van der Waals surface area contributed by atoms with Crippen molar-refractivity contribution in [1.82, 2.24) is 10.9 Å². The monoisotopic (exact) mass is 224 g/mol. The number of hydrogen-bond donors (Lipinski definition) is 6. The lowest BCUT2D eigenvalue weighted by molar-refractivity contribution is 0.0920. The smallest absolute Gasteiger partial charge is 0.268 e. The first-order chi connectivity index (χ1) is 7.51. The Morgan fingerprint density at radius 3 is 2.06 bits per heavy atom. The lowest BCUT2D eigenvalue weighted by Crippen LogP contribution is -2.36. The van der Waals surface area contributed by atoms with Gasteiger partial charge >= 0.3 is 0 Å². The van der Waals surface area contributed by atoms with E-state index in [0.717, 1.165) is 0 Å². The molecule has 1 aromatic carbocycles. The van der Waals surface area contributed by atoms with Crippen LogP contribution in [0, 0.1) is 0 Å². The molecule has 0 aromatic heterocycles. The molecule has 0 aliphatic heterocycles. The van der Waals surface area contributed by atoms with Gasteiger partial charge in [0.1, 0.15) is 0 Å². The molecule has 0 fully saturated rings. The molecule has 86 valence electrons. The minimum absolute atomic E-state index is 0.0389. The molecule has 0 saturated heterocycles. The van der Waals surface area contributed by atoms with Crippen LogP contribution >= 0.6 is 0 Å². The van der Waals surface area contributed by atoms with Crippen molar-refractivity contribution >= 4 is 23.2 Å². The fourth-order valence-corrected chi connectivity index (χ4v) is 1.27. The van der Waals surface area contributed by atoms with E-state index in [1.807, 2.05) is 10.9 Å². The summed E-state index contributed by atoms with van der Waals surface area (Å²) < 4.78 is 0. The number of hydrazine groups is 2. The third-order valence-electron chi connectivity index (χ3n) is 1.93. The standard InChI is InChI=1S/C8H12N6O2/c9-3-1-4(7(15)13-11)6(5(10)2-3)8(16)14-12/h1-2H,9-12H2,(H,13,15)(H,14,16). The molecule has 0 saturated carbocycles. The Balaban J connectivity index is 3.44. The Bertz CT molecular complexity index is 444. The van der Waals surface area contributed by atoms with Gasteiger partial charge in [-0.3, -0.25) is 20.4 Å². The highest BCUT2D eigenvalue weighted by atomic mass is 16.2. The molecule has 1 aromatic rings. The van der Waals surface area contributed by atoms with Gasteiger partial charge in [0.05, 0.1) is 11.1 Å². The van der Waals surface area contributed by atoms with Crippen molar-refractivity contribution in [2.45, 2.75) is 0 Å². The molecule has 8 nitrogen and oxygen atoms in total. The minimum Gasteiger partial charge on any atom is -0.399 e. The van der Waals surface area contributed by atoms with Crippen molar-refractivity contribution in [3.8, 4) is 0 Å². The van der Waals surface area contributed by atoms with E-state index in [0.29, 0.717) is 0 Å². The predicted octanol–water partition coefficient (Wildman–Crippen LogP) is -1.94. The Kier molecular flexibility index (Phi) is 3.28. The predicted molar refractivity (Wildman–Crippen MR) is 58.6 cm³/mol. The van der Waals surface area contributed by atoms with Crippen LogP contribution in [-0.4, -0.2) is 11.8 Å². The third-order valence-corrected chi connectivity index (χ3v) is 1.93. The summed E-state index contributed by atoms with van der Waals surface area (Å²) in [5.74, 6) is 8.56. The van der Waals surface area contributed by atoms with Gasteiger partial charge in [0, 0.05) is 11.4 Å². The molecule has 0 bridgehead atoms. The first-order valence-electron chi connectivity index (χ1n) is 4.22. The second kappa shape index (κ2) is 4.47. The molecular weight excluding hydrogens is 212 g/mol. The van der Waals surface area contributed by atoms with Crippen LogP contribution < -0.4 is 34.0 Å². The third kappa shape index (κ3) is 2.02. The maximum absolute atomic E-state index is 11.4. The van der Waals surface area contributed by atoms with Crippen LogP contribution in [0.2, 0.25) is 0 Å². The van der Waals surface area contributed by atoms with Crippen LogP contribution in [-0.2, 0) is 0 Å². The zero-order chi connectivity index (χ0) is 12.3. The van der Waals surface area contributed by atoms with Gasteiger partial charge in [0.2, 0.25) is 0 Å². The number of benzene rings is 1. The van der Waals surface area contributed by atoms with E-state index in [1.54, 1.807) is 0 Å². The molecule has 0 atom stereocenters. The van der Waals surface area contributed by atoms with E-state index < -0.39 is 11.8 Å². The zero-order valence-corrected chi connectivity index (χ0v) is 8.28. The number of nitrogen functional groups attached to an aromatic ring is 4. The van der Waals surface area contributed by atoms with Gasteiger partial charge in [-0.1, -0.05) is 0 Å². The van der Waals surface area contributed by atoms with Crippen molar-refractivity contribution in [2.24, 2.45) is 11.7 Å². The summed E-state index contributed by atoms with van der Waals surface area (Å²) in [5.41, 5.74) is 15.0. The summed E-state index contributed by atoms with van der Waals surface area (Å²) in [7, 11) is 0. The van der Waals surface area contributed by atoms with E-state index in [1.165, 1.54) is 12.1 Å². The molecule has 0 spiro atoms. The molecule has 0 aliphatic rings. The lowest BCUT2D eigenvalue weighted by Gasteiger charge is -2.10. The highest BCUT2D eigenvalue weighted by Crippen LogP contribution is 2.21. The van der Waals surface area contributed by atoms with Crippen molar-refractivity contribution in [1.29, 1.82) is 0 Å². The van der Waals surface area contributed by atoms with Gasteiger partial charge in [0.15, 0.2) is 0 Å². The quantitative estimate of drug-likeness (QED) is 0.148. The number of rotatable bonds is 2. The fraction of sp³-hybridized carbons (Fsp3) is 0. The van der Waals surface area contributed by atoms with Gasteiger partial charge in [-0.2, -0.15) is 0 Å². The molecule has 2 amide bonds. The number of hydrogen-bond acceptors (Lipinski definition) is 6. The first-order valence-corrected chi connectivity index (χ1v) is 4.22. The molecule has 10 N–H and O–H groups in total. The van der Waals surface area contributed by atoms with Crippen molar-refractivity contribution < 1.29 is 9.59 Å². The summed E-state index contributed by atoms with van der Waals surface area (Å²) in [6, 6.07) is 2.63. The van der Waals surface area contributed by atoms with E-state index in [-0.39, 0.29) is 22.5 Å². The topological polar surface area (TPSA) is 162 Å². The van der Waals surface area contributed by atoms with Crippen LogP contribution in [0.25, 0.3) is 0 Å². The van der Waals surface area contributed by atoms with Gasteiger partial charge in [-0.05, 0) is 12.1 Å². The van der Waals surface area contributed by atoms with Gasteiger partial charge in [-0.15, -0.1) is 0 Å². The number of anilines is 2. The Labute approximate surface area is 90.9 Å². The molecule has 0 radical (unpaired) electrons. The molecule has 8 heteroatoms. The van der Waals surface area contributed by atoms with Crippen molar-refractivity contribution in [2.75, 3.05) is 11.5 Å². The maximum Gasteiger partial charge on any atom is 0.268 e. The molecular formula is C8H12N6O2. The Morgan fingerprint density at radius 2 is 1.56 bits per heavy atom. The van der Waals surface area contributed by atoms with Crippen LogP contribution in [0.5, 0.6) is 0 Å². The second-order valence-corrected chi connectivity index (χ2v) is 2.98. The van der Waals surface area contributed by atoms with Gasteiger partial charge in [-0.25, -0.2) is 11.7 Å². The maximum atomic E-state index is 11.4. The highest BCUT2D eigenvalue weighted by molar-refractivity contribution is 6.10. The molecule has 1 rings (SSSR count). The van der Waals surface area contributed by atoms with Gasteiger partial charge in [0.25, 0.3) is 11.8 Å². The Morgan fingerprint density at radius 1 is 1.00 bits per heavy atom. The largest absolute Gasteiger partial charge is 0.399 e. The average Bonchev–Trinajstić information content (AvgIpc) is 2.26. The number of carbonyl (C=O) groups excluding carboxylic acids is 2. The van der Waals surface area contributed by atoms with Crippen LogP contribution in [0.4, 0.5) is 11.4 Å². The first kappa shape index (κ1) is 11.8. The van der Waals surface area contributed by atoms with Crippen LogP contribution in [0.3, 0.4) is 0 Å². The fourth-order valence-electron chi connectivity index (χ4n) is 1.27. The zero-order valence-electron chi connectivity index (χ0n) is 8.28. The SMILES string of the molecule is NNC(=O)c1cc(N)cc(N)c1C(=O)NN. The van der Waals surface area contributed by atoms with Crippen LogP contribution in [0.1, 0.15) is 20.7 Å². The number of nitrogens with two attached hydrogens (primary N) is 4. The Hall–Kier alpha value is -2.32. The van der Waals surface area contributed by atoms with Crippen molar-refractivity contribution in [3.05, 3.63) is 23.3 Å². The lowest BCUT2D eigenvalue weighted by atomic mass is 10.0. The minimum atomic E-state index is -0.698. The van der Waals surface area contributed by atoms with Crippen LogP contribution in [0.15, 0.2) is 12.1 Å². The van der Waals surface area contributed by atoms with Crippen molar-refractivity contribution in [3.63, 3.8) is 0 Å². The van der Waals surface area contributed by atoms with E-state index in [2.05, 4.69) is 0 Å². The summed E-state index contributed by atoms with van der Waals surface area (Å²) in [6.45, 7) is 0. The second-order valence-electron chi connectivity index (χ2n) is 2.98. The summed E-state index contributed by atoms with van der Waals surface area (Å²) in [4.78, 5) is 22.8. The van der Waals surface area contributed by atoms with E-state index in [4.69, 9.17) is 23.2 Å². The summed E-state index contributed by atoms with van der Waals surface area (Å²) >= 11 is 0. The molecule has 0 unspecified atom stereocenters. The van der Waals surface area contributed by atoms with Gasteiger partial charge < -0.3 is 11.5 Å². The summed E-state index contributed by atoms with van der Waals surface area (Å²) in [5, 5.41) is 0. The number of amides is 2.